The summed E-state index contributed by atoms with van der Waals surface area (Å²) in [4.78, 5) is 8.77. The molecular weight excluding hydrogens is 277 g/mol. The fourth-order valence-corrected chi connectivity index (χ4v) is 2.59. The predicted molar refractivity (Wildman–Crippen MR) is 77.3 cm³/mol. The van der Waals surface area contributed by atoms with Gasteiger partial charge in [-0.3, -0.25) is 4.98 Å². The summed E-state index contributed by atoms with van der Waals surface area (Å²) < 4.78 is 15.3. The number of pyridine rings is 1. The summed E-state index contributed by atoms with van der Waals surface area (Å²) in [5.41, 5.74) is 2.39. The first kappa shape index (κ1) is 13.1. The van der Waals surface area contributed by atoms with E-state index in [0.717, 1.165) is 11.2 Å². The molecule has 0 aliphatic rings. The summed E-state index contributed by atoms with van der Waals surface area (Å²) >= 11 is 5.98. The molecule has 0 amide bonds. The summed E-state index contributed by atoms with van der Waals surface area (Å²) in [7, 11) is 0. The van der Waals surface area contributed by atoms with Gasteiger partial charge >= 0.3 is 0 Å². The Balaban J connectivity index is 2.19. The standard InChI is InChI=1S/C15H13ClFN3/c1-10(12-4-2-3-7-18-12)20-14-6-5-11(17)8-13(14)19-15(20)9-16/h2-8,10H,9H2,1H3. The first-order valence-electron chi connectivity index (χ1n) is 6.34. The van der Waals surface area contributed by atoms with Crippen LogP contribution < -0.4 is 0 Å². The third-order valence-electron chi connectivity index (χ3n) is 3.35. The molecule has 2 aromatic heterocycles. The molecule has 0 spiro atoms. The lowest BCUT2D eigenvalue weighted by atomic mass is 10.2. The van der Waals surface area contributed by atoms with Gasteiger partial charge in [-0.25, -0.2) is 9.37 Å². The van der Waals surface area contributed by atoms with Crippen molar-refractivity contribution in [1.29, 1.82) is 0 Å². The molecule has 0 saturated heterocycles. The van der Waals surface area contributed by atoms with E-state index in [9.17, 15) is 4.39 Å². The van der Waals surface area contributed by atoms with Crippen molar-refractivity contribution >= 4 is 22.6 Å². The fraction of sp³-hybridized carbons (Fsp3) is 0.200. The van der Waals surface area contributed by atoms with Gasteiger partial charge in [0.15, 0.2) is 0 Å². The number of hydrogen-bond acceptors (Lipinski definition) is 2. The van der Waals surface area contributed by atoms with Crippen molar-refractivity contribution in [1.82, 2.24) is 14.5 Å². The lowest BCUT2D eigenvalue weighted by Gasteiger charge is -2.16. The van der Waals surface area contributed by atoms with Crippen molar-refractivity contribution in [2.45, 2.75) is 18.8 Å². The molecule has 1 atom stereocenters. The first-order valence-corrected chi connectivity index (χ1v) is 6.87. The molecule has 102 valence electrons. The lowest BCUT2D eigenvalue weighted by Crippen LogP contribution is -2.11. The molecule has 20 heavy (non-hydrogen) atoms. The van der Waals surface area contributed by atoms with Crippen LogP contribution in [0.5, 0.6) is 0 Å². The summed E-state index contributed by atoms with van der Waals surface area (Å²) in [5.74, 6) is 0.687. The third-order valence-corrected chi connectivity index (χ3v) is 3.59. The zero-order chi connectivity index (χ0) is 14.1. The van der Waals surface area contributed by atoms with Crippen molar-refractivity contribution in [3.05, 3.63) is 59.9 Å². The van der Waals surface area contributed by atoms with E-state index in [1.165, 1.54) is 12.1 Å². The molecule has 2 heterocycles. The number of fused-ring (bicyclic) bond motifs is 1. The molecule has 0 radical (unpaired) electrons. The van der Waals surface area contributed by atoms with Gasteiger partial charge in [-0.05, 0) is 31.2 Å². The Morgan fingerprint density at radius 1 is 1.30 bits per heavy atom. The van der Waals surface area contributed by atoms with Crippen LogP contribution in [0, 0.1) is 5.82 Å². The topological polar surface area (TPSA) is 30.7 Å². The van der Waals surface area contributed by atoms with E-state index in [1.807, 2.05) is 29.7 Å². The second-order valence-corrected chi connectivity index (χ2v) is 4.86. The minimum Gasteiger partial charge on any atom is -0.318 e. The highest BCUT2D eigenvalue weighted by atomic mass is 35.5. The number of aromatic nitrogens is 3. The number of benzene rings is 1. The van der Waals surface area contributed by atoms with Gasteiger partial charge in [0.25, 0.3) is 0 Å². The van der Waals surface area contributed by atoms with Crippen molar-refractivity contribution in [3.8, 4) is 0 Å². The summed E-state index contributed by atoms with van der Waals surface area (Å²) in [6, 6.07) is 10.3. The maximum Gasteiger partial charge on any atom is 0.125 e. The van der Waals surface area contributed by atoms with Gasteiger partial charge in [0.2, 0.25) is 0 Å². The Morgan fingerprint density at radius 2 is 2.15 bits per heavy atom. The molecule has 0 saturated carbocycles. The molecule has 0 aliphatic heterocycles. The number of hydrogen-bond donors (Lipinski definition) is 0. The number of imidazole rings is 1. The van der Waals surface area contributed by atoms with Gasteiger partial charge in [0.05, 0.1) is 28.6 Å². The SMILES string of the molecule is CC(c1ccccn1)n1c(CCl)nc2cc(F)ccc21. The van der Waals surface area contributed by atoms with Crippen LogP contribution in [0.1, 0.15) is 24.5 Å². The van der Waals surface area contributed by atoms with E-state index in [0.29, 0.717) is 11.3 Å². The van der Waals surface area contributed by atoms with Crippen LogP contribution in [0.15, 0.2) is 42.6 Å². The van der Waals surface area contributed by atoms with E-state index >= 15 is 0 Å². The lowest BCUT2D eigenvalue weighted by molar-refractivity contribution is 0.615. The molecular formula is C15H13ClFN3. The summed E-state index contributed by atoms with van der Waals surface area (Å²) in [6.07, 6.45) is 1.75. The van der Waals surface area contributed by atoms with E-state index in [4.69, 9.17) is 11.6 Å². The van der Waals surface area contributed by atoms with Gasteiger partial charge in [-0.1, -0.05) is 6.07 Å². The monoisotopic (exact) mass is 289 g/mol. The highest BCUT2D eigenvalue weighted by Crippen LogP contribution is 2.26. The minimum absolute atomic E-state index is 0.0135. The van der Waals surface area contributed by atoms with Crippen molar-refractivity contribution in [2.24, 2.45) is 0 Å². The van der Waals surface area contributed by atoms with E-state index in [-0.39, 0.29) is 17.7 Å². The second kappa shape index (κ2) is 5.21. The first-order chi connectivity index (χ1) is 9.70. The molecule has 1 aromatic carbocycles. The number of alkyl halides is 1. The molecule has 0 N–H and O–H groups in total. The maximum absolute atomic E-state index is 13.3. The van der Waals surface area contributed by atoms with Crippen LogP contribution in [-0.4, -0.2) is 14.5 Å². The second-order valence-electron chi connectivity index (χ2n) is 4.60. The van der Waals surface area contributed by atoms with Gasteiger partial charge in [-0.15, -0.1) is 11.6 Å². The van der Waals surface area contributed by atoms with Crippen molar-refractivity contribution < 1.29 is 4.39 Å². The third kappa shape index (κ3) is 2.16. The van der Waals surface area contributed by atoms with Crippen LogP contribution in [-0.2, 0) is 5.88 Å². The minimum atomic E-state index is -0.297. The Labute approximate surface area is 121 Å². The number of halogens is 2. The summed E-state index contributed by atoms with van der Waals surface area (Å²) in [6.45, 7) is 2.03. The molecule has 5 heteroatoms. The molecule has 3 rings (SSSR count). The Bertz CT molecular complexity index is 739. The quantitative estimate of drug-likeness (QED) is 0.684. The van der Waals surface area contributed by atoms with Gasteiger partial charge in [0.1, 0.15) is 11.6 Å². The highest BCUT2D eigenvalue weighted by Gasteiger charge is 2.17. The Morgan fingerprint density at radius 3 is 2.85 bits per heavy atom. The molecule has 3 nitrogen and oxygen atoms in total. The average Bonchev–Trinajstić information content (AvgIpc) is 2.84. The smallest absolute Gasteiger partial charge is 0.125 e. The van der Waals surface area contributed by atoms with E-state index in [1.54, 1.807) is 12.3 Å². The molecule has 1 unspecified atom stereocenters. The van der Waals surface area contributed by atoms with E-state index in [2.05, 4.69) is 9.97 Å². The number of nitrogens with zero attached hydrogens (tertiary/aromatic N) is 3. The zero-order valence-electron chi connectivity index (χ0n) is 10.9. The van der Waals surface area contributed by atoms with E-state index < -0.39 is 0 Å². The van der Waals surface area contributed by atoms with Crippen LogP contribution in [0.25, 0.3) is 11.0 Å². The molecule has 0 aliphatic carbocycles. The predicted octanol–water partition coefficient (Wildman–Crippen LogP) is 3.92. The van der Waals surface area contributed by atoms with Crippen LogP contribution in [0.3, 0.4) is 0 Å². The van der Waals surface area contributed by atoms with Crippen molar-refractivity contribution in [2.75, 3.05) is 0 Å². The molecule has 0 bridgehead atoms. The van der Waals surface area contributed by atoms with Crippen molar-refractivity contribution in [3.63, 3.8) is 0 Å². The van der Waals surface area contributed by atoms with Crippen LogP contribution in [0.2, 0.25) is 0 Å². The van der Waals surface area contributed by atoms with Gasteiger partial charge in [0, 0.05) is 12.3 Å². The average molecular weight is 290 g/mol. The van der Waals surface area contributed by atoms with Crippen LogP contribution >= 0.6 is 11.6 Å². The Hall–Kier alpha value is -1.94. The largest absolute Gasteiger partial charge is 0.318 e. The molecule has 3 aromatic rings. The molecule has 0 fully saturated rings. The Kier molecular flexibility index (Phi) is 3.40. The fourth-order valence-electron chi connectivity index (χ4n) is 2.40. The number of rotatable bonds is 3. The highest BCUT2D eigenvalue weighted by molar-refractivity contribution is 6.16. The van der Waals surface area contributed by atoms with Gasteiger partial charge in [-0.2, -0.15) is 0 Å². The summed E-state index contributed by atoms with van der Waals surface area (Å²) in [5, 5.41) is 0. The maximum atomic E-state index is 13.3. The van der Waals surface area contributed by atoms with Crippen LogP contribution in [0.4, 0.5) is 4.39 Å². The zero-order valence-corrected chi connectivity index (χ0v) is 11.7. The van der Waals surface area contributed by atoms with Gasteiger partial charge < -0.3 is 4.57 Å². The normalized spacial score (nSPS) is 12.8.